The van der Waals surface area contributed by atoms with E-state index in [2.05, 4.69) is 6.92 Å². The van der Waals surface area contributed by atoms with Crippen LogP contribution in [0.3, 0.4) is 0 Å². The van der Waals surface area contributed by atoms with Crippen molar-refractivity contribution in [1.82, 2.24) is 4.90 Å². The molecule has 0 N–H and O–H groups in total. The molecule has 0 saturated carbocycles. The molecule has 3 rings (SSSR count). The van der Waals surface area contributed by atoms with Gasteiger partial charge in [-0.1, -0.05) is 49.0 Å². The fourth-order valence-corrected chi connectivity index (χ4v) is 4.15. The van der Waals surface area contributed by atoms with Crippen LogP contribution in [0.15, 0.2) is 64.4 Å². The number of hydrogen-bond acceptors (Lipinski definition) is 5. The van der Waals surface area contributed by atoms with Gasteiger partial charge in [0, 0.05) is 24.7 Å². The lowest BCUT2D eigenvalue weighted by atomic mass is 10.1. The maximum atomic E-state index is 13.2. The van der Waals surface area contributed by atoms with E-state index in [0.29, 0.717) is 43.3 Å². The Kier molecular flexibility index (Phi) is 8.11. The third kappa shape index (κ3) is 5.32. The molecule has 5 nitrogen and oxygen atoms in total. The van der Waals surface area contributed by atoms with E-state index >= 15 is 0 Å². The highest BCUT2D eigenvalue weighted by atomic mass is 32.2. The van der Waals surface area contributed by atoms with Crippen molar-refractivity contribution in [3.63, 3.8) is 0 Å². The lowest BCUT2D eigenvalue weighted by Gasteiger charge is -2.15. The summed E-state index contributed by atoms with van der Waals surface area (Å²) in [6, 6.07) is 17.0. The van der Waals surface area contributed by atoms with Crippen LogP contribution in [-0.2, 0) is 14.3 Å². The maximum Gasteiger partial charge on any atom is 0.268 e. The zero-order valence-corrected chi connectivity index (χ0v) is 18.2. The molecule has 6 heteroatoms. The Morgan fingerprint density at radius 2 is 1.63 bits per heavy atom. The standard InChI is InChI=1S/C24H27NO4S/c1-3-16-29-19-13-11-18(12-14-19)21-22(30-20-9-6-5-7-10-20)24(27)25(23(21)26)15-8-17-28-4-2/h5-7,9-14H,3-4,8,15-17H2,1-2H3. The number of benzene rings is 2. The number of rotatable bonds is 11. The third-order valence-corrected chi connectivity index (χ3v) is 5.67. The summed E-state index contributed by atoms with van der Waals surface area (Å²) in [5.74, 6) is 0.257. The average Bonchev–Trinajstić information content (AvgIpc) is 3.00. The summed E-state index contributed by atoms with van der Waals surface area (Å²) in [4.78, 5) is 29.1. The minimum atomic E-state index is -0.253. The molecule has 0 spiro atoms. The highest BCUT2D eigenvalue weighted by Gasteiger charge is 2.39. The van der Waals surface area contributed by atoms with Crippen LogP contribution in [-0.4, -0.2) is 43.1 Å². The molecule has 158 valence electrons. The van der Waals surface area contributed by atoms with E-state index in [-0.39, 0.29) is 11.8 Å². The molecular formula is C24H27NO4S. The highest BCUT2D eigenvalue weighted by Crippen LogP contribution is 2.40. The predicted molar refractivity (Wildman–Crippen MR) is 119 cm³/mol. The third-order valence-electron chi connectivity index (χ3n) is 4.58. The molecule has 0 atom stereocenters. The minimum Gasteiger partial charge on any atom is -0.494 e. The summed E-state index contributed by atoms with van der Waals surface area (Å²) in [5.41, 5.74) is 1.18. The molecule has 0 radical (unpaired) electrons. The second kappa shape index (κ2) is 11.0. The van der Waals surface area contributed by atoms with Gasteiger partial charge >= 0.3 is 0 Å². The molecular weight excluding hydrogens is 398 g/mol. The van der Waals surface area contributed by atoms with Gasteiger partial charge in [-0.15, -0.1) is 0 Å². The SMILES string of the molecule is CCCOc1ccc(C2=C(Sc3ccccc3)C(=O)N(CCCOCC)C2=O)cc1. The zero-order chi connectivity index (χ0) is 21.3. The van der Waals surface area contributed by atoms with Gasteiger partial charge in [0.15, 0.2) is 0 Å². The summed E-state index contributed by atoms with van der Waals surface area (Å²) >= 11 is 1.34. The molecule has 1 aliphatic heterocycles. The van der Waals surface area contributed by atoms with Crippen LogP contribution in [0.4, 0.5) is 0 Å². The van der Waals surface area contributed by atoms with Crippen LogP contribution in [0.5, 0.6) is 5.75 Å². The Bertz CT molecular complexity index is 893. The summed E-state index contributed by atoms with van der Waals surface area (Å²) in [7, 11) is 0. The van der Waals surface area contributed by atoms with E-state index in [0.717, 1.165) is 22.6 Å². The lowest BCUT2D eigenvalue weighted by molar-refractivity contribution is -0.136. The predicted octanol–water partition coefficient (Wildman–Crippen LogP) is 4.77. The van der Waals surface area contributed by atoms with Crippen molar-refractivity contribution >= 4 is 29.1 Å². The molecule has 0 bridgehead atoms. The van der Waals surface area contributed by atoms with Gasteiger partial charge < -0.3 is 9.47 Å². The van der Waals surface area contributed by atoms with Crippen LogP contribution in [0.25, 0.3) is 5.57 Å². The number of amides is 2. The van der Waals surface area contributed by atoms with Crippen LogP contribution >= 0.6 is 11.8 Å². The van der Waals surface area contributed by atoms with E-state index in [9.17, 15) is 9.59 Å². The van der Waals surface area contributed by atoms with Gasteiger partial charge in [-0.3, -0.25) is 14.5 Å². The summed E-state index contributed by atoms with van der Waals surface area (Å²) < 4.78 is 11.0. The number of carbonyl (C=O) groups is 2. The Morgan fingerprint density at radius 3 is 2.30 bits per heavy atom. The number of imide groups is 1. The molecule has 0 saturated heterocycles. The van der Waals surface area contributed by atoms with E-state index < -0.39 is 0 Å². The van der Waals surface area contributed by atoms with Gasteiger partial charge in [0.25, 0.3) is 11.8 Å². The van der Waals surface area contributed by atoms with Gasteiger partial charge in [-0.25, -0.2) is 0 Å². The fraction of sp³-hybridized carbons (Fsp3) is 0.333. The molecule has 1 aliphatic rings. The van der Waals surface area contributed by atoms with E-state index in [1.807, 2.05) is 61.5 Å². The minimum absolute atomic E-state index is 0.244. The van der Waals surface area contributed by atoms with Gasteiger partial charge in [0.2, 0.25) is 0 Å². The average molecular weight is 426 g/mol. The van der Waals surface area contributed by atoms with Gasteiger partial charge in [-0.2, -0.15) is 0 Å². The second-order valence-electron chi connectivity index (χ2n) is 6.80. The summed E-state index contributed by atoms with van der Waals surface area (Å²) in [6.07, 6.45) is 1.54. The van der Waals surface area contributed by atoms with Crippen LogP contribution in [0.2, 0.25) is 0 Å². The first-order chi connectivity index (χ1) is 14.7. The summed E-state index contributed by atoms with van der Waals surface area (Å²) in [5, 5.41) is 0. The second-order valence-corrected chi connectivity index (χ2v) is 7.89. The Labute approximate surface area is 182 Å². The monoisotopic (exact) mass is 425 g/mol. The first-order valence-electron chi connectivity index (χ1n) is 10.3. The van der Waals surface area contributed by atoms with E-state index in [1.54, 1.807) is 0 Å². The van der Waals surface area contributed by atoms with Crippen LogP contribution < -0.4 is 4.74 Å². The smallest absolute Gasteiger partial charge is 0.268 e. The van der Waals surface area contributed by atoms with Crippen molar-refractivity contribution in [2.75, 3.05) is 26.4 Å². The fourth-order valence-electron chi connectivity index (χ4n) is 3.12. The number of hydrogen-bond donors (Lipinski definition) is 0. The van der Waals surface area contributed by atoms with E-state index in [4.69, 9.17) is 9.47 Å². The normalized spacial score (nSPS) is 14.0. The first kappa shape index (κ1) is 22.1. The van der Waals surface area contributed by atoms with Gasteiger partial charge in [0.05, 0.1) is 17.1 Å². The molecule has 1 heterocycles. The van der Waals surface area contributed by atoms with Crippen molar-refractivity contribution in [3.8, 4) is 5.75 Å². The van der Waals surface area contributed by atoms with Crippen LogP contribution in [0.1, 0.15) is 32.3 Å². The number of nitrogens with zero attached hydrogens (tertiary/aromatic N) is 1. The molecule has 0 fully saturated rings. The molecule has 0 unspecified atom stereocenters. The highest BCUT2D eigenvalue weighted by molar-refractivity contribution is 8.04. The van der Waals surface area contributed by atoms with Gasteiger partial charge in [0.1, 0.15) is 5.75 Å². The van der Waals surface area contributed by atoms with Crippen molar-refractivity contribution in [1.29, 1.82) is 0 Å². The molecule has 0 aromatic heterocycles. The topological polar surface area (TPSA) is 55.8 Å². The first-order valence-corrected chi connectivity index (χ1v) is 11.1. The molecule has 30 heavy (non-hydrogen) atoms. The van der Waals surface area contributed by atoms with E-state index in [1.165, 1.54) is 16.7 Å². The zero-order valence-electron chi connectivity index (χ0n) is 17.4. The van der Waals surface area contributed by atoms with Crippen molar-refractivity contribution in [2.24, 2.45) is 0 Å². The Hall–Kier alpha value is -2.57. The molecule has 2 amide bonds. The molecule has 2 aromatic carbocycles. The molecule has 2 aromatic rings. The number of ether oxygens (including phenoxy) is 2. The van der Waals surface area contributed by atoms with Gasteiger partial charge in [-0.05, 0) is 49.6 Å². The maximum absolute atomic E-state index is 13.2. The number of thioether (sulfide) groups is 1. The van der Waals surface area contributed by atoms with Crippen molar-refractivity contribution in [3.05, 3.63) is 65.1 Å². The molecule has 0 aliphatic carbocycles. The van der Waals surface area contributed by atoms with Crippen LogP contribution in [0, 0.1) is 0 Å². The van der Waals surface area contributed by atoms with Crippen molar-refractivity contribution in [2.45, 2.75) is 31.6 Å². The largest absolute Gasteiger partial charge is 0.494 e. The Morgan fingerprint density at radius 1 is 0.900 bits per heavy atom. The number of carbonyl (C=O) groups excluding carboxylic acids is 2. The Balaban J connectivity index is 1.88. The summed E-state index contributed by atoms with van der Waals surface area (Å²) in [6.45, 7) is 6.10. The van der Waals surface area contributed by atoms with Crippen molar-refractivity contribution < 1.29 is 19.1 Å². The quantitative estimate of drug-likeness (QED) is 0.383. The lowest BCUT2D eigenvalue weighted by Crippen LogP contribution is -2.33.